The molecule has 2 aromatic rings. The fourth-order valence-electron chi connectivity index (χ4n) is 2.84. The lowest BCUT2D eigenvalue weighted by atomic mass is 9.90. The average Bonchev–Trinajstić information content (AvgIpc) is 2.86. The Hall–Kier alpha value is -1.20. The van der Waals surface area contributed by atoms with Gasteiger partial charge >= 0.3 is 0 Å². The Labute approximate surface area is 111 Å². The molecule has 0 aliphatic heterocycles. The molecular formula is C13H18N4S. The van der Waals surface area contributed by atoms with Crippen LogP contribution in [0.3, 0.4) is 0 Å². The van der Waals surface area contributed by atoms with Crippen molar-refractivity contribution < 1.29 is 0 Å². The molecule has 2 N–H and O–H groups in total. The maximum atomic E-state index is 6.25. The summed E-state index contributed by atoms with van der Waals surface area (Å²) in [5, 5.41) is 3.21. The summed E-state index contributed by atoms with van der Waals surface area (Å²) in [7, 11) is 2.11. The quantitative estimate of drug-likeness (QED) is 0.903. The highest BCUT2D eigenvalue weighted by atomic mass is 32.1. The molecule has 3 rings (SSSR count). The number of anilines is 1. The predicted molar refractivity (Wildman–Crippen MR) is 76.0 cm³/mol. The Morgan fingerprint density at radius 1 is 1.33 bits per heavy atom. The standard InChI is InChI=1S/C13H18N4S/c1-17(11-5-3-2-4-10(11)14)12-9-6-7-18-13(9)16-8-15-12/h6-8,10-11H,2-5,14H2,1H3. The molecule has 1 aliphatic carbocycles. The zero-order valence-electron chi connectivity index (χ0n) is 10.5. The number of nitrogens with zero attached hydrogens (tertiary/aromatic N) is 3. The normalized spacial score (nSPS) is 24.3. The zero-order valence-corrected chi connectivity index (χ0v) is 11.4. The molecule has 2 unspecified atom stereocenters. The van der Waals surface area contributed by atoms with Crippen molar-refractivity contribution in [1.82, 2.24) is 9.97 Å². The second kappa shape index (κ2) is 4.82. The van der Waals surface area contributed by atoms with Crippen molar-refractivity contribution in [3.05, 3.63) is 17.8 Å². The number of nitrogens with two attached hydrogens (primary N) is 1. The molecule has 0 aromatic carbocycles. The second-order valence-electron chi connectivity index (χ2n) is 4.96. The van der Waals surface area contributed by atoms with Crippen molar-refractivity contribution in [2.24, 2.45) is 5.73 Å². The molecule has 2 aromatic heterocycles. The molecule has 4 nitrogen and oxygen atoms in total. The lowest BCUT2D eigenvalue weighted by Gasteiger charge is -2.36. The SMILES string of the molecule is CN(c1ncnc2sccc12)C1CCCCC1N. The van der Waals surface area contributed by atoms with Crippen LogP contribution in [0.5, 0.6) is 0 Å². The van der Waals surface area contributed by atoms with Crippen LogP contribution in [0, 0.1) is 0 Å². The van der Waals surface area contributed by atoms with E-state index in [1.165, 1.54) is 12.8 Å². The van der Waals surface area contributed by atoms with Gasteiger partial charge in [0.05, 0.1) is 5.39 Å². The van der Waals surface area contributed by atoms with Crippen LogP contribution in [0.2, 0.25) is 0 Å². The average molecular weight is 262 g/mol. The first kappa shape index (κ1) is 11.9. The maximum absolute atomic E-state index is 6.25. The van der Waals surface area contributed by atoms with E-state index >= 15 is 0 Å². The number of aromatic nitrogens is 2. The minimum atomic E-state index is 0.257. The molecule has 0 bridgehead atoms. The number of hydrogen-bond donors (Lipinski definition) is 1. The molecular weight excluding hydrogens is 244 g/mol. The molecule has 96 valence electrons. The molecule has 18 heavy (non-hydrogen) atoms. The monoisotopic (exact) mass is 262 g/mol. The highest BCUT2D eigenvalue weighted by molar-refractivity contribution is 7.16. The highest BCUT2D eigenvalue weighted by Gasteiger charge is 2.27. The van der Waals surface area contributed by atoms with E-state index in [4.69, 9.17) is 5.73 Å². The van der Waals surface area contributed by atoms with E-state index in [1.807, 2.05) is 0 Å². The van der Waals surface area contributed by atoms with Gasteiger partial charge in [0.15, 0.2) is 0 Å². The smallest absolute Gasteiger partial charge is 0.140 e. The summed E-state index contributed by atoms with van der Waals surface area (Å²) in [6.45, 7) is 0. The Morgan fingerprint density at radius 3 is 3.00 bits per heavy atom. The van der Waals surface area contributed by atoms with Crippen LogP contribution in [-0.2, 0) is 0 Å². The van der Waals surface area contributed by atoms with Crippen LogP contribution in [0.4, 0.5) is 5.82 Å². The minimum Gasteiger partial charge on any atom is -0.354 e. The molecule has 2 atom stereocenters. The molecule has 0 spiro atoms. The van der Waals surface area contributed by atoms with E-state index in [-0.39, 0.29) is 6.04 Å². The summed E-state index contributed by atoms with van der Waals surface area (Å²) >= 11 is 1.66. The predicted octanol–water partition coefficient (Wildman–Crippen LogP) is 2.40. The summed E-state index contributed by atoms with van der Waals surface area (Å²) in [4.78, 5) is 12.1. The molecule has 5 heteroatoms. The number of likely N-dealkylation sites (N-methyl/N-ethyl adjacent to an activating group) is 1. The summed E-state index contributed by atoms with van der Waals surface area (Å²) in [5.41, 5.74) is 6.25. The van der Waals surface area contributed by atoms with E-state index in [9.17, 15) is 0 Å². The number of hydrogen-bond acceptors (Lipinski definition) is 5. The Balaban J connectivity index is 1.95. The largest absolute Gasteiger partial charge is 0.354 e. The van der Waals surface area contributed by atoms with Crippen LogP contribution in [0.15, 0.2) is 17.8 Å². The highest BCUT2D eigenvalue weighted by Crippen LogP contribution is 2.30. The van der Waals surface area contributed by atoms with Gasteiger partial charge in [0.2, 0.25) is 0 Å². The number of rotatable bonds is 2. The molecule has 2 heterocycles. The number of thiophene rings is 1. The Bertz CT molecular complexity index is 539. The van der Waals surface area contributed by atoms with E-state index in [2.05, 4.69) is 33.4 Å². The molecule has 0 amide bonds. The lowest BCUT2D eigenvalue weighted by Crippen LogP contribution is -2.48. The zero-order chi connectivity index (χ0) is 12.5. The first-order valence-electron chi connectivity index (χ1n) is 6.44. The van der Waals surface area contributed by atoms with Gasteiger partial charge in [-0.1, -0.05) is 12.8 Å². The lowest BCUT2D eigenvalue weighted by molar-refractivity contribution is 0.373. The van der Waals surface area contributed by atoms with Gasteiger partial charge in [0.25, 0.3) is 0 Å². The summed E-state index contributed by atoms with van der Waals surface area (Å²) in [5.74, 6) is 1.02. The van der Waals surface area contributed by atoms with E-state index in [0.717, 1.165) is 28.9 Å². The van der Waals surface area contributed by atoms with Gasteiger partial charge in [-0.2, -0.15) is 0 Å². The molecule has 1 saturated carbocycles. The van der Waals surface area contributed by atoms with Crippen LogP contribution in [0.25, 0.3) is 10.2 Å². The van der Waals surface area contributed by atoms with Crippen LogP contribution in [0.1, 0.15) is 25.7 Å². The van der Waals surface area contributed by atoms with Crippen molar-refractivity contribution in [2.45, 2.75) is 37.8 Å². The van der Waals surface area contributed by atoms with Gasteiger partial charge in [0.1, 0.15) is 17.0 Å². The third kappa shape index (κ3) is 1.97. The first-order chi connectivity index (χ1) is 8.77. The van der Waals surface area contributed by atoms with Gasteiger partial charge in [-0.15, -0.1) is 11.3 Å². The van der Waals surface area contributed by atoms with Crippen molar-refractivity contribution in [2.75, 3.05) is 11.9 Å². The summed E-state index contributed by atoms with van der Waals surface area (Å²) in [6.07, 6.45) is 6.45. The van der Waals surface area contributed by atoms with Gasteiger partial charge in [-0.25, -0.2) is 9.97 Å². The third-order valence-electron chi connectivity index (χ3n) is 3.85. The van der Waals surface area contributed by atoms with Gasteiger partial charge in [0, 0.05) is 19.1 Å². The third-order valence-corrected chi connectivity index (χ3v) is 4.67. The molecule has 1 aliphatic rings. The molecule has 0 radical (unpaired) electrons. The Kier molecular flexibility index (Phi) is 3.18. The van der Waals surface area contributed by atoms with Gasteiger partial charge < -0.3 is 10.6 Å². The van der Waals surface area contributed by atoms with Crippen molar-refractivity contribution in [3.63, 3.8) is 0 Å². The van der Waals surface area contributed by atoms with Crippen LogP contribution in [-0.4, -0.2) is 29.1 Å². The minimum absolute atomic E-state index is 0.257. The summed E-state index contributed by atoms with van der Waals surface area (Å²) < 4.78 is 0. The van der Waals surface area contributed by atoms with Gasteiger partial charge in [-0.3, -0.25) is 0 Å². The van der Waals surface area contributed by atoms with Crippen molar-refractivity contribution >= 4 is 27.4 Å². The molecule has 1 fully saturated rings. The van der Waals surface area contributed by atoms with Crippen molar-refractivity contribution in [1.29, 1.82) is 0 Å². The topological polar surface area (TPSA) is 55.0 Å². The van der Waals surface area contributed by atoms with E-state index in [1.54, 1.807) is 17.7 Å². The Morgan fingerprint density at radius 2 is 2.17 bits per heavy atom. The summed E-state index contributed by atoms with van der Waals surface area (Å²) in [6, 6.07) is 2.75. The van der Waals surface area contributed by atoms with Crippen LogP contribution >= 0.6 is 11.3 Å². The van der Waals surface area contributed by atoms with Crippen LogP contribution < -0.4 is 10.6 Å². The fourth-order valence-corrected chi connectivity index (χ4v) is 3.56. The molecule has 0 saturated heterocycles. The number of fused-ring (bicyclic) bond motifs is 1. The second-order valence-corrected chi connectivity index (χ2v) is 5.86. The van der Waals surface area contributed by atoms with Gasteiger partial charge in [-0.05, 0) is 24.3 Å². The van der Waals surface area contributed by atoms with E-state index < -0.39 is 0 Å². The maximum Gasteiger partial charge on any atom is 0.140 e. The first-order valence-corrected chi connectivity index (χ1v) is 7.32. The van der Waals surface area contributed by atoms with E-state index in [0.29, 0.717) is 6.04 Å². The van der Waals surface area contributed by atoms with Crippen molar-refractivity contribution in [3.8, 4) is 0 Å². The fraction of sp³-hybridized carbons (Fsp3) is 0.538.